The molecule has 0 aromatic carbocycles. The van der Waals surface area contributed by atoms with Crippen LogP contribution >= 0.6 is 0 Å². The molecular formula is C8H14O3. The number of epoxide rings is 1. The largest absolute Gasteiger partial charge is 0.481 e. The van der Waals surface area contributed by atoms with Crippen molar-refractivity contribution in [3.8, 4) is 0 Å². The predicted molar refractivity (Wildman–Crippen MR) is 40.4 cm³/mol. The van der Waals surface area contributed by atoms with Gasteiger partial charge in [0, 0.05) is 6.42 Å². The molecule has 0 amide bonds. The highest BCUT2D eigenvalue weighted by atomic mass is 16.6. The van der Waals surface area contributed by atoms with Crippen LogP contribution in [0.5, 0.6) is 0 Å². The second-order valence-corrected chi connectivity index (χ2v) is 2.93. The number of carbonyl (C=O) groups is 1. The Labute approximate surface area is 66.4 Å². The van der Waals surface area contributed by atoms with Crippen molar-refractivity contribution in [2.45, 2.75) is 44.8 Å². The number of carboxylic acids is 1. The quantitative estimate of drug-likeness (QED) is 0.615. The van der Waals surface area contributed by atoms with Crippen molar-refractivity contribution < 1.29 is 14.6 Å². The van der Waals surface area contributed by atoms with Gasteiger partial charge in [-0.25, -0.2) is 0 Å². The molecule has 3 nitrogen and oxygen atoms in total. The second-order valence-electron chi connectivity index (χ2n) is 2.93. The molecule has 0 bridgehead atoms. The Morgan fingerprint density at radius 2 is 2.09 bits per heavy atom. The minimum atomic E-state index is -0.726. The molecule has 1 heterocycles. The molecule has 0 aromatic rings. The van der Waals surface area contributed by atoms with Crippen LogP contribution in [0.4, 0.5) is 0 Å². The Bertz CT molecular complexity index is 144. The lowest BCUT2D eigenvalue weighted by molar-refractivity contribution is -0.137. The molecule has 0 spiro atoms. The van der Waals surface area contributed by atoms with Crippen LogP contribution < -0.4 is 0 Å². The zero-order valence-electron chi connectivity index (χ0n) is 6.75. The first-order valence-corrected chi connectivity index (χ1v) is 4.11. The molecule has 1 fully saturated rings. The van der Waals surface area contributed by atoms with Crippen molar-refractivity contribution in [1.82, 2.24) is 0 Å². The average Bonchev–Trinajstić information content (AvgIpc) is 2.64. The van der Waals surface area contributed by atoms with E-state index in [0.29, 0.717) is 12.5 Å². The van der Waals surface area contributed by atoms with Gasteiger partial charge in [0.25, 0.3) is 0 Å². The summed E-state index contributed by atoms with van der Waals surface area (Å²) in [5.74, 6) is -0.726. The predicted octanol–water partition coefficient (Wildman–Crippen LogP) is 1.42. The summed E-state index contributed by atoms with van der Waals surface area (Å²) in [5.41, 5.74) is 0. The maximum Gasteiger partial charge on any atom is 0.303 e. The summed E-state index contributed by atoms with van der Waals surface area (Å²) in [6.07, 6.45) is 3.72. The number of hydrogen-bond donors (Lipinski definition) is 1. The molecule has 3 heteroatoms. The summed E-state index contributed by atoms with van der Waals surface area (Å²) in [4.78, 5) is 10.1. The number of hydrogen-bond acceptors (Lipinski definition) is 2. The molecule has 1 N–H and O–H groups in total. The zero-order chi connectivity index (χ0) is 8.27. The fourth-order valence-electron chi connectivity index (χ4n) is 1.24. The normalized spacial score (nSPS) is 28.5. The van der Waals surface area contributed by atoms with Crippen molar-refractivity contribution in [2.75, 3.05) is 0 Å². The van der Waals surface area contributed by atoms with Crippen LogP contribution in [0.1, 0.15) is 32.6 Å². The Morgan fingerprint density at radius 3 is 2.64 bits per heavy atom. The minimum Gasteiger partial charge on any atom is -0.481 e. The van der Waals surface area contributed by atoms with Crippen LogP contribution in [0.15, 0.2) is 0 Å². The van der Waals surface area contributed by atoms with E-state index >= 15 is 0 Å². The number of carboxylic acid groups (broad SMARTS) is 1. The summed E-state index contributed by atoms with van der Waals surface area (Å²) in [6, 6.07) is 0. The lowest BCUT2D eigenvalue weighted by atomic mass is 10.1. The lowest BCUT2D eigenvalue weighted by Crippen LogP contribution is -1.99. The summed E-state index contributed by atoms with van der Waals surface area (Å²) in [6.45, 7) is 2.11. The van der Waals surface area contributed by atoms with E-state index < -0.39 is 5.97 Å². The first-order valence-electron chi connectivity index (χ1n) is 4.11. The number of rotatable bonds is 5. The van der Waals surface area contributed by atoms with Crippen LogP contribution in [0.3, 0.4) is 0 Å². The van der Waals surface area contributed by atoms with E-state index in [1.165, 1.54) is 0 Å². The maximum atomic E-state index is 10.1. The highest BCUT2D eigenvalue weighted by Crippen LogP contribution is 2.29. The molecule has 1 aliphatic heterocycles. The van der Waals surface area contributed by atoms with Crippen LogP contribution in [-0.4, -0.2) is 23.3 Å². The van der Waals surface area contributed by atoms with Gasteiger partial charge in [-0.1, -0.05) is 13.3 Å². The van der Waals surface area contributed by atoms with Gasteiger partial charge in [-0.3, -0.25) is 4.79 Å². The fourth-order valence-corrected chi connectivity index (χ4v) is 1.24. The van der Waals surface area contributed by atoms with Crippen molar-refractivity contribution >= 4 is 5.97 Å². The SMILES string of the molecule is CCCC1OC1CCC(=O)O. The molecule has 11 heavy (non-hydrogen) atoms. The Balaban J connectivity index is 2.00. The van der Waals surface area contributed by atoms with E-state index in [2.05, 4.69) is 6.92 Å². The van der Waals surface area contributed by atoms with Gasteiger partial charge in [0.05, 0.1) is 12.2 Å². The lowest BCUT2D eigenvalue weighted by Gasteiger charge is -1.89. The number of ether oxygens (including phenoxy) is 1. The molecule has 64 valence electrons. The van der Waals surface area contributed by atoms with Gasteiger partial charge in [-0.05, 0) is 12.8 Å². The van der Waals surface area contributed by atoms with E-state index in [1.54, 1.807) is 0 Å². The molecule has 0 saturated carbocycles. The molecule has 2 atom stereocenters. The van der Waals surface area contributed by atoms with E-state index in [4.69, 9.17) is 9.84 Å². The standard InChI is InChI=1S/C8H14O3/c1-2-3-6-7(11-6)4-5-8(9)10/h6-7H,2-5H2,1H3,(H,9,10). The van der Waals surface area contributed by atoms with E-state index in [1.807, 2.05) is 0 Å². The van der Waals surface area contributed by atoms with Crippen LogP contribution in [0, 0.1) is 0 Å². The van der Waals surface area contributed by atoms with Crippen molar-refractivity contribution in [3.63, 3.8) is 0 Å². The molecular weight excluding hydrogens is 144 g/mol. The monoisotopic (exact) mass is 158 g/mol. The van der Waals surface area contributed by atoms with Crippen molar-refractivity contribution in [2.24, 2.45) is 0 Å². The average molecular weight is 158 g/mol. The third kappa shape index (κ3) is 2.89. The molecule has 1 aliphatic rings. The first kappa shape index (κ1) is 8.53. The Morgan fingerprint density at radius 1 is 1.45 bits per heavy atom. The second kappa shape index (κ2) is 3.72. The Kier molecular flexibility index (Phi) is 2.88. The van der Waals surface area contributed by atoms with Gasteiger partial charge in [0.1, 0.15) is 0 Å². The minimum absolute atomic E-state index is 0.241. The molecule has 1 saturated heterocycles. The summed E-state index contributed by atoms with van der Waals surface area (Å²) >= 11 is 0. The van der Waals surface area contributed by atoms with Gasteiger partial charge >= 0.3 is 5.97 Å². The van der Waals surface area contributed by atoms with Crippen LogP contribution in [0.2, 0.25) is 0 Å². The number of aliphatic carboxylic acids is 1. The third-order valence-electron chi connectivity index (χ3n) is 1.90. The van der Waals surface area contributed by atoms with Gasteiger partial charge in [-0.2, -0.15) is 0 Å². The first-order chi connectivity index (χ1) is 5.24. The van der Waals surface area contributed by atoms with Gasteiger partial charge in [0.2, 0.25) is 0 Å². The summed E-state index contributed by atoms with van der Waals surface area (Å²) in [7, 11) is 0. The zero-order valence-corrected chi connectivity index (χ0v) is 6.75. The topological polar surface area (TPSA) is 49.8 Å². The Hall–Kier alpha value is -0.570. The molecule has 0 radical (unpaired) electrons. The van der Waals surface area contributed by atoms with Crippen molar-refractivity contribution in [3.05, 3.63) is 0 Å². The fraction of sp³-hybridized carbons (Fsp3) is 0.875. The van der Waals surface area contributed by atoms with Crippen LogP contribution in [-0.2, 0) is 9.53 Å². The highest BCUT2D eigenvalue weighted by molar-refractivity contribution is 5.66. The molecule has 2 unspecified atom stereocenters. The van der Waals surface area contributed by atoms with Crippen LogP contribution in [0.25, 0.3) is 0 Å². The van der Waals surface area contributed by atoms with Gasteiger partial charge < -0.3 is 9.84 Å². The third-order valence-corrected chi connectivity index (χ3v) is 1.90. The maximum absolute atomic E-state index is 10.1. The highest BCUT2D eigenvalue weighted by Gasteiger charge is 2.37. The van der Waals surface area contributed by atoms with E-state index in [0.717, 1.165) is 12.8 Å². The van der Waals surface area contributed by atoms with E-state index in [-0.39, 0.29) is 12.5 Å². The smallest absolute Gasteiger partial charge is 0.303 e. The summed E-state index contributed by atoms with van der Waals surface area (Å²) < 4.78 is 5.24. The molecule has 1 rings (SSSR count). The molecule has 0 aliphatic carbocycles. The molecule has 0 aromatic heterocycles. The van der Waals surface area contributed by atoms with Gasteiger partial charge in [-0.15, -0.1) is 0 Å². The van der Waals surface area contributed by atoms with E-state index in [9.17, 15) is 4.79 Å². The van der Waals surface area contributed by atoms with Crippen molar-refractivity contribution in [1.29, 1.82) is 0 Å². The summed E-state index contributed by atoms with van der Waals surface area (Å²) in [5, 5.41) is 8.35. The van der Waals surface area contributed by atoms with Gasteiger partial charge in [0.15, 0.2) is 0 Å².